The van der Waals surface area contributed by atoms with Gasteiger partial charge in [-0.1, -0.05) is 6.07 Å². The van der Waals surface area contributed by atoms with Gasteiger partial charge in [0.2, 0.25) is 0 Å². The molecular weight excluding hydrogens is 399 g/mol. The maximum Gasteiger partial charge on any atom is 0.407 e. The second-order valence-corrected chi connectivity index (χ2v) is 7.81. The number of likely N-dealkylation sites (N-methyl/N-ethyl adjacent to an activating group) is 1. The van der Waals surface area contributed by atoms with Gasteiger partial charge in [-0.15, -0.1) is 5.10 Å². The molecule has 0 bridgehead atoms. The van der Waals surface area contributed by atoms with E-state index < -0.39 is 6.09 Å². The van der Waals surface area contributed by atoms with E-state index >= 15 is 0 Å². The quantitative estimate of drug-likeness (QED) is 0.546. The van der Waals surface area contributed by atoms with Crippen LogP contribution in [-0.4, -0.2) is 61.9 Å². The molecule has 31 heavy (non-hydrogen) atoms. The molecule has 3 aromatic heterocycles. The lowest BCUT2D eigenvalue weighted by Gasteiger charge is -2.22. The molecule has 1 aliphatic rings. The van der Waals surface area contributed by atoms with Gasteiger partial charge in [-0.3, -0.25) is 4.98 Å². The molecule has 0 spiro atoms. The minimum atomic E-state index is -0.931. The maximum atomic E-state index is 14.7. The van der Waals surface area contributed by atoms with Crippen molar-refractivity contribution in [1.82, 2.24) is 24.5 Å². The zero-order chi connectivity index (χ0) is 21.5. The van der Waals surface area contributed by atoms with Crippen molar-refractivity contribution in [2.45, 2.75) is 18.9 Å². The van der Waals surface area contributed by atoms with Crippen LogP contribution in [0.25, 0.3) is 16.6 Å². The molecule has 0 aliphatic carbocycles. The zero-order valence-corrected chi connectivity index (χ0v) is 16.9. The number of fused-ring (bicyclic) bond motifs is 2. The van der Waals surface area contributed by atoms with Gasteiger partial charge in [0.1, 0.15) is 11.6 Å². The SMILES string of the molecule is CN(C(=O)O)C1CCN(c2ccc3ncc(Cc4cc5cccnc5cc4F)n3n2)C1. The first-order chi connectivity index (χ1) is 15.0. The summed E-state index contributed by atoms with van der Waals surface area (Å²) in [6.45, 7) is 1.30. The van der Waals surface area contributed by atoms with Crippen molar-refractivity contribution in [3.8, 4) is 0 Å². The van der Waals surface area contributed by atoms with Crippen LogP contribution in [0, 0.1) is 5.82 Å². The molecule has 158 valence electrons. The van der Waals surface area contributed by atoms with Crippen molar-refractivity contribution >= 4 is 28.5 Å². The van der Waals surface area contributed by atoms with E-state index in [2.05, 4.69) is 14.9 Å². The number of hydrogen-bond donors (Lipinski definition) is 1. The van der Waals surface area contributed by atoms with E-state index in [4.69, 9.17) is 5.10 Å². The monoisotopic (exact) mass is 420 g/mol. The third-order valence-electron chi connectivity index (χ3n) is 5.90. The first kappa shape index (κ1) is 19.2. The van der Waals surface area contributed by atoms with E-state index in [1.807, 2.05) is 30.3 Å². The highest BCUT2D eigenvalue weighted by Crippen LogP contribution is 2.23. The summed E-state index contributed by atoms with van der Waals surface area (Å²) in [6.07, 6.45) is 3.52. The zero-order valence-electron chi connectivity index (χ0n) is 16.9. The minimum Gasteiger partial charge on any atom is -0.465 e. The second-order valence-electron chi connectivity index (χ2n) is 7.81. The van der Waals surface area contributed by atoms with Crippen LogP contribution in [0.15, 0.2) is 48.8 Å². The van der Waals surface area contributed by atoms with Gasteiger partial charge in [0.15, 0.2) is 5.65 Å². The lowest BCUT2D eigenvalue weighted by molar-refractivity contribution is 0.142. The normalized spacial score (nSPS) is 16.3. The molecule has 1 unspecified atom stereocenters. The molecule has 1 aromatic carbocycles. The highest BCUT2D eigenvalue weighted by atomic mass is 19.1. The Balaban J connectivity index is 1.44. The number of pyridine rings is 1. The summed E-state index contributed by atoms with van der Waals surface area (Å²) in [6, 6.07) is 10.7. The number of halogens is 1. The Hall–Kier alpha value is -3.75. The molecule has 8 nitrogen and oxygen atoms in total. The Labute approximate surface area is 177 Å². The third-order valence-corrected chi connectivity index (χ3v) is 5.90. The number of anilines is 1. The van der Waals surface area contributed by atoms with Crippen LogP contribution in [0.1, 0.15) is 17.7 Å². The molecule has 5 rings (SSSR count). The Morgan fingerprint density at radius 2 is 2.16 bits per heavy atom. The average molecular weight is 420 g/mol. The van der Waals surface area contributed by atoms with Crippen LogP contribution in [0.5, 0.6) is 0 Å². The molecule has 4 aromatic rings. The van der Waals surface area contributed by atoms with Crippen LogP contribution >= 0.6 is 0 Å². The standard InChI is InChI=1S/C22H21FN6O2/c1-27(22(30)31)16-6-8-28(13-16)21-5-4-20-25-12-17(29(20)26-21)10-15-9-14-3-2-7-24-19(14)11-18(15)23/h2-5,7,9,11-12,16H,6,8,10,13H2,1H3,(H,30,31). The number of hydrogen-bond acceptors (Lipinski definition) is 5. The number of benzene rings is 1. The van der Waals surface area contributed by atoms with E-state index in [0.29, 0.717) is 29.7 Å². The van der Waals surface area contributed by atoms with Gasteiger partial charge in [-0.2, -0.15) is 0 Å². The molecular formula is C22H21FN6O2. The molecule has 1 saturated heterocycles. The van der Waals surface area contributed by atoms with Gasteiger partial charge < -0.3 is 14.9 Å². The Morgan fingerprint density at radius 1 is 1.29 bits per heavy atom. The molecule has 1 atom stereocenters. The highest BCUT2D eigenvalue weighted by Gasteiger charge is 2.29. The van der Waals surface area contributed by atoms with Crippen molar-refractivity contribution in [2.75, 3.05) is 25.0 Å². The number of imidazole rings is 1. The Morgan fingerprint density at radius 3 is 3.00 bits per heavy atom. The van der Waals surface area contributed by atoms with Crippen molar-refractivity contribution in [3.63, 3.8) is 0 Å². The topological polar surface area (TPSA) is 86.9 Å². The fraction of sp³-hybridized carbons (Fsp3) is 0.273. The smallest absolute Gasteiger partial charge is 0.407 e. The molecule has 1 N–H and O–H groups in total. The summed E-state index contributed by atoms with van der Waals surface area (Å²) in [5.74, 6) is 0.438. The van der Waals surface area contributed by atoms with E-state index in [1.54, 1.807) is 24.0 Å². The summed E-state index contributed by atoms with van der Waals surface area (Å²) >= 11 is 0. The van der Waals surface area contributed by atoms with Gasteiger partial charge >= 0.3 is 6.09 Å². The summed E-state index contributed by atoms with van der Waals surface area (Å²) in [5.41, 5.74) is 2.63. The molecule has 9 heteroatoms. The number of amides is 1. The first-order valence-electron chi connectivity index (χ1n) is 10.1. The number of aromatic nitrogens is 4. The van der Waals surface area contributed by atoms with Crippen molar-refractivity contribution < 1.29 is 14.3 Å². The van der Waals surface area contributed by atoms with Crippen LogP contribution < -0.4 is 4.90 Å². The van der Waals surface area contributed by atoms with Crippen LogP contribution in [0.4, 0.5) is 15.0 Å². The summed E-state index contributed by atoms with van der Waals surface area (Å²) in [5, 5.41) is 14.8. The number of carboxylic acid groups (broad SMARTS) is 1. The van der Waals surface area contributed by atoms with E-state index in [1.165, 1.54) is 11.0 Å². The van der Waals surface area contributed by atoms with Gasteiger partial charge in [0.05, 0.1) is 23.4 Å². The number of rotatable bonds is 4. The first-order valence-corrected chi connectivity index (χ1v) is 10.1. The molecule has 1 fully saturated rings. The lowest BCUT2D eigenvalue weighted by Crippen LogP contribution is -2.38. The van der Waals surface area contributed by atoms with Crippen LogP contribution in [-0.2, 0) is 6.42 Å². The molecule has 1 amide bonds. The predicted molar refractivity (Wildman–Crippen MR) is 114 cm³/mol. The Kier molecular flexibility index (Phi) is 4.65. The number of carbonyl (C=O) groups is 1. The molecule has 1 aliphatic heterocycles. The molecule has 4 heterocycles. The van der Waals surface area contributed by atoms with E-state index in [0.717, 1.165) is 29.9 Å². The van der Waals surface area contributed by atoms with Crippen molar-refractivity contribution in [3.05, 3.63) is 65.9 Å². The predicted octanol–water partition coefficient (Wildman–Crippen LogP) is 3.20. The second kappa shape index (κ2) is 7.50. The maximum absolute atomic E-state index is 14.7. The highest BCUT2D eigenvalue weighted by molar-refractivity contribution is 5.79. The fourth-order valence-corrected chi connectivity index (χ4v) is 4.10. The molecule has 0 saturated carbocycles. The minimum absolute atomic E-state index is 0.0717. The van der Waals surface area contributed by atoms with Crippen LogP contribution in [0.3, 0.4) is 0 Å². The Bertz CT molecular complexity index is 1290. The summed E-state index contributed by atoms with van der Waals surface area (Å²) < 4.78 is 16.4. The lowest BCUT2D eigenvalue weighted by atomic mass is 10.1. The van der Waals surface area contributed by atoms with Gasteiger partial charge in [0.25, 0.3) is 0 Å². The average Bonchev–Trinajstić information content (AvgIpc) is 3.41. The van der Waals surface area contributed by atoms with E-state index in [9.17, 15) is 14.3 Å². The summed E-state index contributed by atoms with van der Waals surface area (Å²) in [4.78, 5) is 23.3. The van der Waals surface area contributed by atoms with Crippen molar-refractivity contribution in [1.29, 1.82) is 0 Å². The number of nitrogens with zero attached hydrogens (tertiary/aromatic N) is 6. The molecule has 0 radical (unpaired) electrons. The van der Waals surface area contributed by atoms with Gasteiger partial charge in [-0.25, -0.2) is 18.7 Å². The van der Waals surface area contributed by atoms with Crippen LogP contribution in [0.2, 0.25) is 0 Å². The van der Waals surface area contributed by atoms with Crippen molar-refractivity contribution in [2.24, 2.45) is 0 Å². The van der Waals surface area contributed by atoms with Gasteiger partial charge in [-0.05, 0) is 36.2 Å². The summed E-state index contributed by atoms with van der Waals surface area (Å²) in [7, 11) is 1.59. The third kappa shape index (κ3) is 3.52. The van der Waals surface area contributed by atoms with Gasteiger partial charge in [0, 0.05) is 44.2 Å². The van der Waals surface area contributed by atoms with E-state index in [-0.39, 0.29) is 11.9 Å². The fourth-order valence-electron chi connectivity index (χ4n) is 4.10. The largest absolute Gasteiger partial charge is 0.465 e.